The van der Waals surface area contributed by atoms with Crippen LogP contribution >= 0.6 is 15.9 Å². The van der Waals surface area contributed by atoms with Crippen LogP contribution in [0.2, 0.25) is 0 Å². The van der Waals surface area contributed by atoms with Crippen molar-refractivity contribution >= 4 is 21.7 Å². The van der Waals surface area contributed by atoms with Crippen LogP contribution in [0, 0.1) is 11.6 Å². The van der Waals surface area contributed by atoms with Gasteiger partial charge in [-0.05, 0) is 47.0 Å². The Morgan fingerprint density at radius 3 is 2.68 bits per heavy atom. The Labute approximate surface area is 134 Å². The zero-order chi connectivity index (χ0) is 15.7. The smallest absolute Gasteiger partial charge is 0.166 e. The minimum Gasteiger partial charge on any atom is -0.367 e. The van der Waals surface area contributed by atoms with E-state index in [-0.39, 0.29) is 30.9 Å². The van der Waals surface area contributed by atoms with Gasteiger partial charge in [0, 0.05) is 28.8 Å². The standard InChI is InChI=1S/C15H13BrF3N3/c16-9-4-12(19)14(21-7-9)22-8-15(5-10(17)6-15)13-11(18)2-1-3-20-13/h1-4,7,10H,5-6,8H2,(H,21,22)/t10-,15-. The molecule has 1 saturated carbocycles. The summed E-state index contributed by atoms with van der Waals surface area (Å²) in [7, 11) is 0. The van der Waals surface area contributed by atoms with Crippen molar-refractivity contribution < 1.29 is 13.2 Å². The van der Waals surface area contributed by atoms with E-state index in [2.05, 4.69) is 31.2 Å². The Balaban J connectivity index is 1.82. The molecule has 0 saturated heterocycles. The van der Waals surface area contributed by atoms with E-state index in [9.17, 15) is 13.2 Å². The molecule has 0 bridgehead atoms. The van der Waals surface area contributed by atoms with Gasteiger partial charge in [0.1, 0.15) is 12.0 Å². The lowest BCUT2D eigenvalue weighted by Gasteiger charge is -2.44. The second-order valence-corrected chi connectivity index (χ2v) is 6.37. The van der Waals surface area contributed by atoms with Gasteiger partial charge >= 0.3 is 0 Å². The first-order chi connectivity index (χ1) is 10.5. The number of nitrogens with one attached hydrogen (secondary N) is 1. The lowest BCUT2D eigenvalue weighted by atomic mass is 9.65. The molecule has 2 aromatic heterocycles. The van der Waals surface area contributed by atoms with Crippen molar-refractivity contribution in [2.45, 2.75) is 24.4 Å². The average molecular weight is 372 g/mol. The van der Waals surface area contributed by atoms with Crippen molar-refractivity contribution in [3.8, 4) is 0 Å². The Hall–Kier alpha value is -1.63. The molecule has 2 heterocycles. The van der Waals surface area contributed by atoms with E-state index in [0.717, 1.165) is 0 Å². The van der Waals surface area contributed by atoms with E-state index >= 15 is 0 Å². The molecule has 0 aliphatic heterocycles. The average Bonchev–Trinajstić information content (AvgIpc) is 2.44. The van der Waals surface area contributed by atoms with E-state index in [1.54, 1.807) is 0 Å². The summed E-state index contributed by atoms with van der Waals surface area (Å²) in [5.74, 6) is -0.941. The highest BCUT2D eigenvalue weighted by Gasteiger charge is 2.48. The van der Waals surface area contributed by atoms with Crippen molar-refractivity contribution in [1.29, 1.82) is 0 Å². The summed E-state index contributed by atoms with van der Waals surface area (Å²) in [5, 5.41) is 2.85. The molecule has 0 aromatic carbocycles. The molecule has 116 valence electrons. The van der Waals surface area contributed by atoms with Crippen molar-refractivity contribution in [2.75, 3.05) is 11.9 Å². The van der Waals surface area contributed by atoms with Crippen molar-refractivity contribution in [3.05, 3.63) is 52.4 Å². The second kappa shape index (κ2) is 5.87. The molecular formula is C15H13BrF3N3. The molecule has 7 heteroatoms. The normalized spacial score (nSPS) is 23.9. The van der Waals surface area contributed by atoms with E-state index in [1.807, 2.05) is 0 Å². The van der Waals surface area contributed by atoms with Gasteiger partial charge in [-0.25, -0.2) is 18.2 Å². The third-order valence-electron chi connectivity index (χ3n) is 3.89. The van der Waals surface area contributed by atoms with Crippen LogP contribution in [0.1, 0.15) is 18.5 Å². The fraction of sp³-hybridized carbons (Fsp3) is 0.333. The van der Waals surface area contributed by atoms with E-state index in [1.165, 1.54) is 30.6 Å². The van der Waals surface area contributed by atoms with Gasteiger partial charge in [0.2, 0.25) is 0 Å². The van der Waals surface area contributed by atoms with E-state index in [4.69, 9.17) is 0 Å². The first-order valence-electron chi connectivity index (χ1n) is 6.80. The summed E-state index contributed by atoms with van der Waals surface area (Å²) in [6.07, 6.45) is 2.26. The fourth-order valence-corrected chi connectivity index (χ4v) is 3.09. The predicted octanol–water partition coefficient (Wildman–Crippen LogP) is 4.00. The van der Waals surface area contributed by atoms with Gasteiger partial charge in [-0.1, -0.05) is 0 Å². The Kier molecular flexibility index (Phi) is 4.08. The first-order valence-corrected chi connectivity index (χ1v) is 7.59. The Morgan fingerprint density at radius 2 is 2.05 bits per heavy atom. The second-order valence-electron chi connectivity index (χ2n) is 5.46. The lowest BCUT2D eigenvalue weighted by Crippen LogP contribution is -2.49. The van der Waals surface area contributed by atoms with Crippen LogP contribution < -0.4 is 5.32 Å². The number of anilines is 1. The zero-order valence-electron chi connectivity index (χ0n) is 11.5. The molecule has 0 spiro atoms. The number of pyridine rings is 2. The molecule has 3 rings (SSSR count). The summed E-state index contributed by atoms with van der Waals surface area (Å²) >= 11 is 3.13. The highest BCUT2D eigenvalue weighted by molar-refractivity contribution is 9.10. The third kappa shape index (κ3) is 2.82. The summed E-state index contributed by atoms with van der Waals surface area (Å²) in [6, 6.07) is 4.07. The van der Waals surface area contributed by atoms with Gasteiger partial charge in [-0.2, -0.15) is 0 Å². The van der Waals surface area contributed by atoms with Gasteiger partial charge in [0.15, 0.2) is 11.6 Å². The van der Waals surface area contributed by atoms with Crippen LogP contribution in [-0.4, -0.2) is 22.7 Å². The molecule has 1 N–H and O–H groups in total. The minimum atomic E-state index is -0.995. The van der Waals surface area contributed by atoms with E-state index in [0.29, 0.717) is 4.47 Å². The van der Waals surface area contributed by atoms with E-state index < -0.39 is 23.2 Å². The van der Waals surface area contributed by atoms with Gasteiger partial charge in [0.25, 0.3) is 0 Å². The Bertz CT molecular complexity index is 689. The molecule has 0 radical (unpaired) electrons. The highest BCUT2D eigenvalue weighted by atomic mass is 79.9. The topological polar surface area (TPSA) is 37.8 Å². The first kappa shape index (κ1) is 15.3. The monoisotopic (exact) mass is 371 g/mol. The zero-order valence-corrected chi connectivity index (χ0v) is 13.1. The van der Waals surface area contributed by atoms with Crippen LogP contribution in [0.25, 0.3) is 0 Å². The van der Waals surface area contributed by atoms with Crippen LogP contribution in [0.15, 0.2) is 35.1 Å². The molecule has 1 fully saturated rings. The van der Waals surface area contributed by atoms with Gasteiger partial charge < -0.3 is 5.32 Å². The summed E-state index contributed by atoms with van der Waals surface area (Å²) in [5.41, 5.74) is -0.555. The molecule has 1 aliphatic rings. The van der Waals surface area contributed by atoms with Crippen molar-refractivity contribution in [1.82, 2.24) is 9.97 Å². The SMILES string of the molecule is Fc1cc(Br)cnc1NC[C@]1(c2ncccc2F)C[C@H](F)C1. The maximum atomic E-state index is 14.0. The van der Waals surface area contributed by atoms with Crippen LogP contribution in [0.4, 0.5) is 19.0 Å². The molecule has 2 aromatic rings. The van der Waals surface area contributed by atoms with Crippen LogP contribution in [-0.2, 0) is 5.41 Å². The molecule has 22 heavy (non-hydrogen) atoms. The molecular weight excluding hydrogens is 359 g/mol. The van der Waals surface area contributed by atoms with Crippen molar-refractivity contribution in [3.63, 3.8) is 0 Å². The number of nitrogens with zero attached hydrogens (tertiary/aromatic N) is 2. The summed E-state index contributed by atoms with van der Waals surface area (Å²) < 4.78 is 41.7. The van der Waals surface area contributed by atoms with Gasteiger partial charge in [-0.3, -0.25) is 4.98 Å². The summed E-state index contributed by atoms with van der Waals surface area (Å²) in [6.45, 7) is 0.174. The number of halogens is 4. The molecule has 1 aliphatic carbocycles. The third-order valence-corrected chi connectivity index (χ3v) is 4.32. The number of rotatable bonds is 4. The van der Waals surface area contributed by atoms with Crippen LogP contribution in [0.5, 0.6) is 0 Å². The van der Waals surface area contributed by atoms with Gasteiger partial charge in [-0.15, -0.1) is 0 Å². The van der Waals surface area contributed by atoms with Crippen LogP contribution in [0.3, 0.4) is 0 Å². The molecule has 0 unspecified atom stereocenters. The number of alkyl halides is 1. The number of hydrogen-bond acceptors (Lipinski definition) is 3. The lowest BCUT2D eigenvalue weighted by molar-refractivity contribution is 0.0964. The van der Waals surface area contributed by atoms with Crippen molar-refractivity contribution in [2.24, 2.45) is 0 Å². The molecule has 0 amide bonds. The quantitative estimate of drug-likeness (QED) is 0.882. The minimum absolute atomic E-state index is 0.0567. The number of hydrogen-bond donors (Lipinski definition) is 1. The molecule has 3 nitrogen and oxygen atoms in total. The maximum absolute atomic E-state index is 14.0. The van der Waals surface area contributed by atoms with Gasteiger partial charge in [0.05, 0.1) is 5.69 Å². The Morgan fingerprint density at radius 1 is 1.27 bits per heavy atom. The summed E-state index contributed by atoms with van der Waals surface area (Å²) in [4.78, 5) is 7.99. The number of aromatic nitrogens is 2. The molecule has 0 atom stereocenters. The maximum Gasteiger partial charge on any atom is 0.166 e. The highest BCUT2D eigenvalue weighted by Crippen LogP contribution is 2.45. The predicted molar refractivity (Wildman–Crippen MR) is 80.4 cm³/mol. The fourth-order valence-electron chi connectivity index (χ4n) is 2.78. The largest absolute Gasteiger partial charge is 0.367 e.